The van der Waals surface area contributed by atoms with Crippen molar-refractivity contribution < 1.29 is 9.59 Å². The van der Waals surface area contributed by atoms with Crippen LogP contribution in [-0.2, 0) is 16.0 Å². The van der Waals surface area contributed by atoms with Gasteiger partial charge in [0.05, 0.1) is 5.41 Å². The number of rotatable bonds is 6. The first-order chi connectivity index (χ1) is 13.0. The maximum absolute atomic E-state index is 12.4. The van der Waals surface area contributed by atoms with E-state index >= 15 is 0 Å². The van der Waals surface area contributed by atoms with Gasteiger partial charge in [-0.15, -0.1) is 0 Å². The second kappa shape index (κ2) is 8.38. The molecule has 1 aliphatic rings. The summed E-state index contributed by atoms with van der Waals surface area (Å²) in [6.07, 6.45) is 3.48. The van der Waals surface area contributed by atoms with Crippen molar-refractivity contribution >= 4 is 11.8 Å². The summed E-state index contributed by atoms with van der Waals surface area (Å²) in [7, 11) is 0. The molecule has 2 amide bonds. The van der Waals surface area contributed by atoms with Crippen LogP contribution >= 0.6 is 0 Å². The van der Waals surface area contributed by atoms with Crippen LogP contribution < -0.4 is 5.73 Å². The van der Waals surface area contributed by atoms with Crippen molar-refractivity contribution in [2.24, 2.45) is 11.1 Å². The fourth-order valence-electron chi connectivity index (χ4n) is 3.99. The van der Waals surface area contributed by atoms with Crippen LogP contribution in [0.5, 0.6) is 0 Å². The summed E-state index contributed by atoms with van der Waals surface area (Å²) in [5.41, 5.74) is 8.56. The number of primary amides is 1. The molecule has 1 heterocycles. The Hall–Kier alpha value is -2.62. The average Bonchev–Trinajstić information content (AvgIpc) is 2.69. The van der Waals surface area contributed by atoms with E-state index in [2.05, 4.69) is 36.4 Å². The Balaban J connectivity index is 1.78. The van der Waals surface area contributed by atoms with Crippen molar-refractivity contribution in [1.29, 1.82) is 0 Å². The Morgan fingerprint density at radius 2 is 1.70 bits per heavy atom. The summed E-state index contributed by atoms with van der Waals surface area (Å²) in [5.74, 6) is -0.175. The van der Waals surface area contributed by atoms with Gasteiger partial charge in [-0.2, -0.15) is 0 Å². The smallest absolute Gasteiger partial charge is 0.225 e. The minimum Gasteiger partial charge on any atom is -0.369 e. The van der Waals surface area contributed by atoms with E-state index in [1.165, 1.54) is 5.56 Å². The quantitative estimate of drug-likeness (QED) is 0.847. The van der Waals surface area contributed by atoms with Crippen LogP contribution in [0.15, 0.2) is 54.6 Å². The third-order valence-electron chi connectivity index (χ3n) is 5.52. The van der Waals surface area contributed by atoms with E-state index in [4.69, 9.17) is 5.73 Å². The standard InChI is InChI=1S/C23H28N2O2/c1-2-7-21(26)25-15-6-14-23(17-25,22(24)27)16-18-10-12-20(13-11-18)19-8-4-3-5-9-19/h3-5,8-13H,2,6-7,14-17H2,1H3,(H2,24,27). The molecule has 2 aromatic rings. The molecule has 0 saturated carbocycles. The average molecular weight is 364 g/mol. The molecule has 27 heavy (non-hydrogen) atoms. The zero-order chi connectivity index (χ0) is 19.3. The summed E-state index contributed by atoms with van der Waals surface area (Å²) >= 11 is 0. The van der Waals surface area contributed by atoms with E-state index < -0.39 is 5.41 Å². The zero-order valence-corrected chi connectivity index (χ0v) is 16.0. The maximum Gasteiger partial charge on any atom is 0.225 e. The second-order valence-electron chi connectivity index (χ2n) is 7.55. The lowest BCUT2D eigenvalue weighted by atomic mass is 9.74. The van der Waals surface area contributed by atoms with Gasteiger partial charge in [0, 0.05) is 19.5 Å². The van der Waals surface area contributed by atoms with Crippen LogP contribution in [0, 0.1) is 5.41 Å². The van der Waals surface area contributed by atoms with E-state index in [-0.39, 0.29) is 11.8 Å². The molecule has 0 aromatic heterocycles. The van der Waals surface area contributed by atoms with Gasteiger partial charge in [-0.1, -0.05) is 61.5 Å². The number of amides is 2. The number of carbonyl (C=O) groups is 2. The summed E-state index contributed by atoms with van der Waals surface area (Å²) in [5, 5.41) is 0. The zero-order valence-electron chi connectivity index (χ0n) is 16.0. The molecular formula is C23H28N2O2. The van der Waals surface area contributed by atoms with Gasteiger partial charge in [0.1, 0.15) is 0 Å². The number of benzene rings is 2. The summed E-state index contributed by atoms with van der Waals surface area (Å²) < 4.78 is 0. The lowest BCUT2D eigenvalue weighted by Crippen LogP contribution is -2.53. The van der Waals surface area contributed by atoms with Crippen molar-refractivity contribution in [2.45, 2.75) is 39.0 Å². The maximum atomic E-state index is 12.4. The van der Waals surface area contributed by atoms with Gasteiger partial charge in [0.25, 0.3) is 0 Å². The van der Waals surface area contributed by atoms with Crippen molar-refractivity contribution in [3.05, 3.63) is 60.2 Å². The van der Waals surface area contributed by atoms with E-state index in [0.717, 1.165) is 36.9 Å². The van der Waals surface area contributed by atoms with Gasteiger partial charge >= 0.3 is 0 Å². The van der Waals surface area contributed by atoms with Crippen LogP contribution in [0.4, 0.5) is 0 Å². The molecule has 0 bridgehead atoms. The van der Waals surface area contributed by atoms with Gasteiger partial charge in [-0.05, 0) is 42.4 Å². The minimum atomic E-state index is -0.671. The Morgan fingerprint density at radius 1 is 1.04 bits per heavy atom. The summed E-state index contributed by atoms with van der Waals surface area (Å²) in [6, 6.07) is 18.5. The molecule has 2 aromatic carbocycles. The van der Waals surface area contributed by atoms with Crippen molar-refractivity contribution in [3.8, 4) is 11.1 Å². The van der Waals surface area contributed by atoms with Crippen molar-refractivity contribution in [1.82, 2.24) is 4.90 Å². The van der Waals surface area contributed by atoms with Crippen LogP contribution in [0.2, 0.25) is 0 Å². The number of nitrogens with two attached hydrogens (primary N) is 1. The van der Waals surface area contributed by atoms with Crippen LogP contribution in [0.1, 0.15) is 38.2 Å². The molecule has 3 rings (SSSR count). The molecule has 1 unspecified atom stereocenters. The van der Waals surface area contributed by atoms with Gasteiger partial charge in [-0.25, -0.2) is 0 Å². The van der Waals surface area contributed by atoms with Gasteiger partial charge in [0.2, 0.25) is 11.8 Å². The Kier molecular flexibility index (Phi) is 5.94. The molecule has 142 valence electrons. The molecular weight excluding hydrogens is 336 g/mol. The number of likely N-dealkylation sites (tertiary alicyclic amines) is 1. The molecule has 0 radical (unpaired) electrons. The van der Waals surface area contributed by atoms with E-state index in [1.54, 1.807) is 0 Å². The van der Waals surface area contributed by atoms with Gasteiger partial charge < -0.3 is 10.6 Å². The number of piperidine rings is 1. The highest BCUT2D eigenvalue weighted by Gasteiger charge is 2.41. The molecule has 0 aliphatic carbocycles. The fourth-order valence-corrected chi connectivity index (χ4v) is 3.99. The van der Waals surface area contributed by atoms with Crippen LogP contribution in [0.3, 0.4) is 0 Å². The Bertz CT molecular complexity index is 786. The molecule has 1 atom stereocenters. The number of hydrogen-bond acceptors (Lipinski definition) is 2. The molecule has 4 nitrogen and oxygen atoms in total. The minimum absolute atomic E-state index is 0.127. The molecule has 4 heteroatoms. The highest BCUT2D eigenvalue weighted by atomic mass is 16.2. The van der Waals surface area contributed by atoms with Crippen molar-refractivity contribution in [2.75, 3.05) is 13.1 Å². The van der Waals surface area contributed by atoms with Gasteiger partial charge in [0.15, 0.2) is 0 Å². The Labute approximate surface area is 161 Å². The topological polar surface area (TPSA) is 63.4 Å². The third kappa shape index (κ3) is 4.38. The van der Waals surface area contributed by atoms with Gasteiger partial charge in [-0.3, -0.25) is 9.59 Å². The van der Waals surface area contributed by atoms with Crippen LogP contribution in [-0.4, -0.2) is 29.8 Å². The third-order valence-corrected chi connectivity index (χ3v) is 5.52. The molecule has 1 saturated heterocycles. The first kappa shape index (κ1) is 19.2. The lowest BCUT2D eigenvalue weighted by Gasteiger charge is -2.41. The largest absolute Gasteiger partial charge is 0.369 e. The predicted octanol–water partition coefficient (Wildman–Crippen LogP) is 3.79. The highest BCUT2D eigenvalue weighted by molar-refractivity contribution is 5.83. The molecule has 1 aliphatic heterocycles. The fraction of sp³-hybridized carbons (Fsp3) is 0.391. The number of carbonyl (C=O) groups excluding carboxylic acids is 2. The van der Waals surface area contributed by atoms with E-state index in [9.17, 15) is 9.59 Å². The lowest BCUT2D eigenvalue weighted by molar-refractivity contribution is -0.140. The number of hydrogen-bond donors (Lipinski definition) is 1. The monoisotopic (exact) mass is 364 g/mol. The van der Waals surface area contributed by atoms with Crippen LogP contribution in [0.25, 0.3) is 11.1 Å². The predicted molar refractivity (Wildman–Crippen MR) is 108 cm³/mol. The Morgan fingerprint density at radius 3 is 2.33 bits per heavy atom. The SMILES string of the molecule is CCCC(=O)N1CCCC(Cc2ccc(-c3ccccc3)cc2)(C(N)=O)C1. The first-order valence-corrected chi connectivity index (χ1v) is 9.76. The molecule has 0 spiro atoms. The van der Waals surface area contributed by atoms with E-state index in [1.807, 2.05) is 30.0 Å². The normalized spacial score (nSPS) is 19.7. The number of nitrogens with zero attached hydrogens (tertiary/aromatic N) is 1. The first-order valence-electron chi connectivity index (χ1n) is 9.76. The summed E-state index contributed by atoms with van der Waals surface area (Å²) in [4.78, 5) is 26.5. The highest BCUT2D eigenvalue weighted by Crippen LogP contribution is 2.34. The summed E-state index contributed by atoms with van der Waals surface area (Å²) in [6.45, 7) is 3.15. The molecule has 2 N–H and O–H groups in total. The van der Waals surface area contributed by atoms with E-state index in [0.29, 0.717) is 19.4 Å². The second-order valence-corrected chi connectivity index (χ2v) is 7.55. The van der Waals surface area contributed by atoms with Crippen molar-refractivity contribution in [3.63, 3.8) is 0 Å². The molecule has 1 fully saturated rings.